The summed E-state index contributed by atoms with van der Waals surface area (Å²) >= 11 is 0. The number of amides is 2. The van der Waals surface area contributed by atoms with Crippen molar-refractivity contribution in [1.82, 2.24) is 5.32 Å². The average Bonchev–Trinajstić information content (AvgIpc) is 2.57. The molecule has 0 aromatic heterocycles. The molecule has 0 radical (unpaired) electrons. The highest BCUT2D eigenvalue weighted by atomic mass is 16.2. The number of hydrogen-bond donors (Lipinski definition) is 2. The monoisotopic (exact) mass is 340 g/mol. The van der Waals surface area contributed by atoms with E-state index in [1.165, 1.54) is 19.3 Å². The lowest BCUT2D eigenvalue weighted by Crippen LogP contribution is -2.65. The Morgan fingerprint density at radius 2 is 1.80 bits per heavy atom. The van der Waals surface area contributed by atoms with Crippen LogP contribution >= 0.6 is 0 Å². The van der Waals surface area contributed by atoms with E-state index in [-0.39, 0.29) is 11.6 Å². The van der Waals surface area contributed by atoms with Gasteiger partial charge in [0.2, 0.25) is 0 Å². The molecule has 1 aromatic rings. The van der Waals surface area contributed by atoms with Gasteiger partial charge >= 0.3 is 6.03 Å². The number of nitrogens with zero attached hydrogens (tertiary/aromatic N) is 2. The van der Waals surface area contributed by atoms with E-state index in [9.17, 15) is 4.79 Å². The van der Waals surface area contributed by atoms with Crippen LogP contribution in [0.1, 0.15) is 32.1 Å². The number of hydrogen-bond acceptors (Lipinski definition) is 3. The summed E-state index contributed by atoms with van der Waals surface area (Å²) in [6, 6.07) is 8.58. The normalized spacial score (nSPS) is 38.6. The van der Waals surface area contributed by atoms with Crippen molar-refractivity contribution in [2.45, 2.75) is 43.7 Å². The van der Waals surface area contributed by atoms with Gasteiger partial charge in [-0.1, -0.05) is 12.1 Å². The molecule has 2 amide bonds. The van der Waals surface area contributed by atoms with E-state index in [2.05, 4.69) is 29.4 Å². The fraction of sp³-hybridized carbons (Fsp3) is 0.650. The largest absolute Gasteiger partial charge is 0.371 e. The second kappa shape index (κ2) is 5.37. The van der Waals surface area contributed by atoms with E-state index in [4.69, 9.17) is 5.73 Å². The van der Waals surface area contributed by atoms with Crippen LogP contribution in [0, 0.1) is 17.8 Å². The molecule has 134 valence electrons. The summed E-state index contributed by atoms with van der Waals surface area (Å²) in [5.41, 5.74) is 8.82. The van der Waals surface area contributed by atoms with Crippen molar-refractivity contribution in [1.29, 1.82) is 0 Å². The number of benzene rings is 1. The Morgan fingerprint density at radius 3 is 2.48 bits per heavy atom. The van der Waals surface area contributed by atoms with Gasteiger partial charge in [-0.25, -0.2) is 4.79 Å². The summed E-state index contributed by atoms with van der Waals surface area (Å²) in [7, 11) is 2.09. The minimum atomic E-state index is 0.0537. The Bertz CT molecular complexity index is 689. The first kappa shape index (κ1) is 15.5. The van der Waals surface area contributed by atoms with Crippen molar-refractivity contribution in [3.05, 3.63) is 24.3 Å². The smallest absolute Gasteiger partial charge is 0.322 e. The molecule has 4 saturated carbocycles. The van der Waals surface area contributed by atoms with E-state index in [1.807, 2.05) is 17.0 Å². The fourth-order valence-electron chi connectivity index (χ4n) is 6.26. The zero-order chi connectivity index (χ0) is 17.2. The van der Waals surface area contributed by atoms with Crippen LogP contribution in [0.3, 0.4) is 0 Å². The van der Waals surface area contributed by atoms with Gasteiger partial charge in [0.05, 0.1) is 11.4 Å². The summed E-state index contributed by atoms with van der Waals surface area (Å²) in [5.74, 6) is 1.94. The molecular formula is C20H28N4O. The van der Waals surface area contributed by atoms with E-state index in [1.54, 1.807) is 0 Å². The Hall–Kier alpha value is -1.75. The maximum Gasteiger partial charge on any atom is 0.322 e. The molecule has 5 heteroatoms. The summed E-state index contributed by atoms with van der Waals surface area (Å²) in [6.45, 7) is 1.61. The molecule has 1 aromatic carbocycles. The Labute approximate surface area is 149 Å². The van der Waals surface area contributed by atoms with Gasteiger partial charge < -0.3 is 16.0 Å². The molecule has 3 N–H and O–H groups in total. The molecule has 6 rings (SSSR count). The van der Waals surface area contributed by atoms with E-state index in [0.29, 0.717) is 17.9 Å². The molecule has 4 aliphatic carbocycles. The highest BCUT2D eigenvalue weighted by molar-refractivity contribution is 5.97. The molecule has 4 bridgehead atoms. The van der Waals surface area contributed by atoms with Crippen LogP contribution in [0.2, 0.25) is 0 Å². The first-order valence-corrected chi connectivity index (χ1v) is 9.69. The zero-order valence-corrected chi connectivity index (χ0v) is 14.9. The summed E-state index contributed by atoms with van der Waals surface area (Å²) in [4.78, 5) is 17.3. The third kappa shape index (κ3) is 2.43. The number of urea groups is 1. The third-order valence-electron chi connectivity index (χ3n) is 7.10. The Morgan fingerprint density at radius 1 is 1.12 bits per heavy atom. The topological polar surface area (TPSA) is 61.6 Å². The van der Waals surface area contributed by atoms with Crippen LogP contribution in [-0.2, 0) is 0 Å². The maximum atomic E-state index is 13.1. The van der Waals surface area contributed by atoms with Crippen LogP contribution in [0.4, 0.5) is 16.2 Å². The number of carbonyl (C=O) groups excluding carboxylic acids is 1. The number of nitrogens with two attached hydrogens (primary N) is 1. The standard InChI is InChI=1S/C20H28N4O/c1-23-6-7-24(17-5-3-2-4-16(17)23)19(25)22-18-14-8-13-9-15(18)12-20(21,10-13)11-14/h2-5,13-15,18H,6-12,21H2,1H3,(H,22,25)/t13?,14?,15?,18-,20+. The molecular weight excluding hydrogens is 312 g/mol. The molecule has 0 saturated heterocycles. The number of likely N-dealkylation sites (N-methyl/N-ethyl adjacent to an activating group) is 1. The van der Waals surface area contributed by atoms with Crippen molar-refractivity contribution in [3.63, 3.8) is 0 Å². The van der Waals surface area contributed by atoms with Crippen molar-refractivity contribution >= 4 is 17.4 Å². The van der Waals surface area contributed by atoms with E-state index in [0.717, 1.165) is 43.2 Å². The van der Waals surface area contributed by atoms with Gasteiger partial charge in [-0.2, -0.15) is 0 Å². The number of carbonyl (C=O) groups is 1. The van der Waals surface area contributed by atoms with Gasteiger partial charge in [-0.15, -0.1) is 0 Å². The van der Waals surface area contributed by atoms with Crippen LogP contribution in [0.5, 0.6) is 0 Å². The van der Waals surface area contributed by atoms with Crippen molar-refractivity contribution in [3.8, 4) is 0 Å². The Balaban J connectivity index is 1.36. The molecule has 25 heavy (non-hydrogen) atoms. The predicted molar refractivity (Wildman–Crippen MR) is 99.9 cm³/mol. The number of fused-ring (bicyclic) bond motifs is 1. The molecule has 1 aliphatic heterocycles. The lowest BCUT2D eigenvalue weighted by Gasteiger charge is -2.59. The second-order valence-corrected chi connectivity index (χ2v) is 8.87. The van der Waals surface area contributed by atoms with Crippen LogP contribution in [0.25, 0.3) is 0 Å². The summed E-state index contributed by atoms with van der Waals surface area (Å²) in [6.07, 6.45) is 5.88. The number of rotatable bonds is 1. The van der Waals surface area contributed by atoms with Crippen LogP contribution in [0.15, 0.2) is 24.3 Å². The molecule has 5 aliphatic rings. The number of para-hydroxylation sites is 2. The van der Waals surface area contributed by atoms with Gasteiger partial charge in [0.25, 0.3) is 0 Å². The van der Waals surface area contributed by atoms with Gasteiger partial charge in [-0.05, 0) is 62.0 Å². The minimum Gasteiger partial charge on any atom is -0.371 e. The molecule has 2 unspecified atom stereocenters. The van der Waals surface area contributed by atoms with Gasteiger partial charge in [0.1, 0.15) is 0 Å². The van der Waals surface area contributed by atoms with Gasteiger partial charge in [0.15, 0.2) is 0 Å². The number of anilines is 2. The molecule has 0 spiro atoms. The quantitative estimate of drug-likeness (QED) is 0.826. The van der Waals surface area contributed by atoms with Crippen molar-refractivity contribution in [2.75, 3.05) is 29.9 Å². The summed E-state index contributed by atoms with van der Waals surface area (Å²) < 4.78 is 0. The zero-order valence-electron chi connectivity index (χ0n) is 14.9. The van der Waals surface area contributed by atoms with Gasteiger partial charge in [0, 0.05) is 31.7 Å². The van der Waals surface area contributed by atoms with Crippen LogP contribution in [-0.4, -0.2) is 37.7 Å². The maximum absolute atomic E-state index is 13.1. The highest BCUT2D eigenvalue weighted by Gasteiger charge is 2.54. The van der Waals surface area contributed by atoms with Crippen molar-refractivity contribution in [2.24, 2.45) is 23.5 Å². The molecule has 1 heterocycles. The second-order valence-electron chi connectivity index (χ2n) is 8.87. The number of nitrogens with one attached hydrogen (secondary N) is 1. The predicted octanol–water partition coefficient (Wildman–Crippen LogP) is 2.56. The van der Waals surface area contributed by atoms with E-state index < -0.39 is 0 Å². The SMILES string of the molecule is CN1CCN(C(=O)N[C@H]2C3CC4CC2C[C@@](N)(C4)C3)c2ccccc21. The summed E-state index contributed by atoms with van der Waals surface area (Å²) in [5, 5.41) is 3.42. The van der Waals surface area contributed by atoms with E-state index >= 15 is 0 Å². The lowest BCUT2D eigenvalue weighted by atomic mass is 9.51. The fourth-order valence-corrected chi connectivity index (χ4v) is 6.26. The molecule has 4 fully saturated rings. The van der Waals surface area contributed by atoms with Crippen molar-refractivity contribution < 1.29 is 4.79 Å². The Kier molecular flexibility index (Phi) is 3.33. The van der Waals surface area contributed by atoms with Crippen LogP contribution < -0.4 is 20.9 Å². The average molecular weight is 340 g/mol. The minimum absolute atomic E-state index is 0.0537. The molecule has 5 nitrogen and oxygen atoms in total. The molecule has 2 atom stereocenters. The first-order chi connectivity index (χ1) is 12.0. The lowest BCUT2D eigenvalue weighted by molar-refractivity contribution is -0.0257. The first-order valence-electron chi connectivity index (χ1n) is 9.69. The van der Waals surface area contributed by atoms with Gasteiger partial charge in [-0.3, -0.25) is 4.90 Å². The third-order valence-corrected chi connectivity index (χ3v) is 7.10. The highest BCUT2D eigenvalue weighted by Crippen LogP contribution is 2.54.